The van der Waals surface area contributed by atoms with E-state index in [9.17, 15) is 9.90 Å². The highest BCUT2D eigenvalue weighted by Crippen LogP contribution is 2.31. The van der Waals surface area contributed by atoms with E-state index in [-0.39, 0.29) is 19.0 Å². The Morgan fingerprint density at radius 1 is 1.33 bits per heavy atom. The van der Waals surface area contributed by atoms with E-state index in [0.717, 1.165) is 0 Å². The summed E-state index contributed by atoms with van der Waals surface area (Å²) in [5.74, 6) is 0.887. The largest absolute Gasteiger partial charge is 0.463 e. The number of pyridine rings is 1. The maximum Gasteiger partial charge on any atom is 0.254 e. The van der Waals surface area contributed by atoms with E-state index in [1.165, 1.54) is 11.0 Å². The van der Waals surface area contributed by atoms with Crippen molar-refractivity contribution in [1.82, 2.24) is 24.6 Å². The highest BCUT2D eigenvalue weighted by atomic mass is 16.3. The zero-order chi connectivity index (χ0) is 16.7. The van der Waals surface area contributed by atoms with Crippen molar-refractivity contribution in [2.24, 2.45) is 7.05 Å². The smallest absolute Gasteiger partial charge is 0.254 e. The number of carbonyl (C=O) groups excluding carboxylic acids is 1. The van der Waals surface area contributed by atoms with Gasteiger partial charge in [0.25, 0.3) is 5.91 Å². The molecule has 1 fully saturated rings. The first-order valence-corrected chi connectivity index (χ1v) is 7.43. The SMILES string of the molecule is Cn1ncnc1C1(O)CN(C(=O)c2ccnc(-c3ccco3)c2)C1. The Hall–Kier alpha value is -3.00. The molecule has 0 unspecified atom stereocenters. The van der Waals surface area contributed by atoms with Crippen LogP contribution in [0.25, 0.3) is 11.5 Å². The van der Waals surface area contributed by atoms with Gasteiger partial charge in [0.15, 0.2) is 17.2 Å². The van der Waals surface area contributed by atoms with E-state index in [0.29, 0.717) is 22.8 Å². The van der Waals surface area contributed by atoms with Crippen LogP contribution in [0.3, 0.4) is 0 Å². The molecule has 0 bridgehead atoms. The number of aryl methyl sites for hydroxylation is 1. The van der Waals surface area contributed by atoms with Crippen LogP contribution in [0.4, 0.5) is 0 Å². The minimum absolute atomic E-state index is 0.169. The summed E-state index contributed by atoms with van der Waals surface area (Å²) in [6, 6.07) is 6.88. The zero-order valence-corrected chi connectivity index (χ0v) is 13.0. The molecule has 1 aliphatic rings. The van der Waals surface area contributed by atoms with Gasteiger partial charge < -0.3 is 14.4 Å². The fourth-order valence-electron chi connectivity index (χ4n) is 2.89. The third kappa shape index (κ3) is 2.28. The predicted molar refractivity (Wildman–Crippen MR) is 82.7 cm³/mol. The van der Waals surface area contributed by atoms with Crippen molar-refractivity contribution in [3.8, 4) is 11.5 Å². The van der Waals surface area contributed by atoms with Gasteiger partial charge in [0.2, 0.25) is 0 Å². The van der Waals surface area contributed by atoms with E-state index in [1.807, 2.05) is 0 Å². The van der Waals surface area contributed by atoms with Gasteiger partial charge >= 0.3 is 0 Å². The van der Waals surface area contributed by atoms with Crippen LogP contribution in [0, 0.1) is 0 Å². The van der Waals surface area contributed by atoms with E-state index in [1.54, 1.807) is 48.7 Å². The zero-order valence-electron chi connectivity index (χ0n) is 13.0. The lowest BCUT2D eigenvalue weighted by atomic mass is 9.92. The number of β-amino-alcohol motifs (C(OH)–C–C–N with tert-alkyl or cyclic N) is 1. The van der Waals surface area contributed by atoms with Crippen molar-refractivity contribution < 1.29 is 14.3 Å². The molecule has 4 heterocycles. The lowest BCUT2D eigenvalue weighted by molar-refractivity contribution is -0.0943. The van der Waals surface area contributed by atoms with E-state index in [2.05, 4.69) is 15.1 Å². The number of aliphatic hydroxyl groups is 1. The van der Waals surface area contributed by atoms with Crippen LogP contribution in [0.1, 0.15) is 16.2 Å². The van der Waals surface area contributed by atoms with Crippen LogP contribution in [-0.2, 0) is 12.6 Å². The van der Waals surface area contributed by atoms with Gasteiger partial charge in [-0.1, -0.05) is 0 Å². The van der Waals surface area contributed by atoms with Crippen LogP contribution >= 0.6 is 0 Å². The quantitative estimate of drug-likeness (QED) is 0.765. The molecule has 0 spiro atoms. The molecule has 8 heteroatoms. The summed E-state index contributed by atoms with van der Waals surface area (Å²) in [5, 5.41) is 14.5. The average Bonchev–Trinajstić information content (AvgIpc) is 3.23. The number of likely N-dealkylation sites (tertiary alicyclic amines) is 1. The van der Waals surface area contributed by atoms with Crippen molar-refractivity contribution in [1.29, 1.82) is 0 Å². The molecule has 0 saturated carbocycles. The van der Waals surface area contributed by atoms with Crippen molar-refractivity contribution in [3.63, 3.8) is 0 Å². The van der Waals surface area contributed by atoms with E-state index < -0.39 is 5.60 Å². The van der Waals surface area contributed by atoms with Gasteiger partial charge in [0, 0.05) is 18.8 Å². The molecule has 3 aromatic rings. The molecule has 1 saturated heterocycles. The molecule has 0 aromatic carbocycles. The Balaban J connectivity index is 1.52. The molecule has 3 aromatic heterocycles. The summed E-state index contributed by atoms with van der Waals surface area (Å²) in [7, 11) is 1.71. The summed E-state index contributed by atoms with van der Waals surface area (Å²) < 4.78 is 6.82. The van der Waals surface area contributed by atoms with Gasteiger partial charge in [-0.15, -0.1) is 0 Å². The molecular weight excluding hydrogens is 310 g/mol. The molecule has 1 amide bonds. The van der Waals surface area contributed by atoms with Gasteiger partial charge in [-0.2, -0.15) is 5.10 Å². The lowest BCUT2D eigenvalue weighted by Gasteiger charge is -2.45. The maximum atomic E-state index is 12.6. The fraction of sp³-hybridized carbons (Fsp3) is 0.250. The van der Waals surface area contributed by atoms with Crippen molar-refractivity contribution in [3.05, 3.63) is 54.4 Å². The normalized spacial score (nSPS) is 16.0. The Morgan fingerprint density at radius 2 is 2.17 bits per heavy atom. The number of rotatable bonds is 3. The first-order valence-electron chi connectivity index (χ1n) is 7.43. The van der Waals surface area contributed by atoms with Gasteiger partial charge in [0.05, 0.1) is 19.4 Å². The van der Waals surface area contributed by atoms with Gasteiger partial charge in [-0.05, 0) is 24.3 Å². The molecule has 8 nitrogen and oxygen atoms in total. The standard InChI is InChI=1S/C16H15N5O3/c1-20-15(18-10-19-20)16(23)8-21(9-16)14(22)11-4-5-17-12(7-11)13-3-2-6-24-13/h2-7,10,23H,8-9H2,1H3. The average molecular weight is 325 g/mol. The van der Waals surface area contributed by atoms with E-state index in [4.69, 9.17) is 4.42 Å². The first-order chi connectivity index (χ1) is 11.6. The Bertz CT molecular complexity index is 881. The Labute approximate surface area is 137 Å². The molecule has 24 heavy (non-hydrogen) atoms. The molecule has 0 radical (unpaired) electrons. The Morgan fingerprint density at radius 3 is 2.83 bits per heavy atom. The monoisotopic (exact) mass is 325 g/mol. The van der Waals surface area contributed by atoms with Crippen LogP contribution in [0.2, 0.25) is 0 Å². The van der Waals surface area contributed by atoms with Gasteiger partial charge in [-0.3, -0.25) is 14.5 Å². The molecule has 1 N–H and O–H groups in total. The second-order valence-corrected chi connectivity index (χ2v) is 5.81. The summed E-state index contributed by atoms with van der Waals surface area (Å²) in [6.07, 6.45) is 4.51. The van der Waals surface area contributed by atoms with Crippen LogP contribution in [0.5, 0.6) is 0 Å². The van der Waals surface area contributed by atoms with Crippen molar-refractivity contribution in [2.75, 3.05) is 13.1 Å². The molecular formula is C16H15N5O3. The lowest BCUT2D eigenvalue weighted by Crippen LogP contribution is -2.62. The fourth-order valence-corrected chi connectivity index (χ4v) is 2.89. The number of furan rings is 1. The minimum atomic E-state index is -1.15. The van der Waals surface area contributed by atoms with Crippen LogP contribution < -0.4 is 0 Å². The number of aromatic nitrogens is 4. The van der Waals surface area contributed by atoms with Crippen molar-refractivity contribution >= 4 is 5.91 Å². The number of nitrogens with zero attached hydrogens (tertiary/aromatic N) is 5. The topological polar surface area (TPSA) is 97.3 Å². The second-order valence-electron chi connectivity index (χ2n) is 5.81. The summed E-state index contributed by atoms with van der Waals surface area (Å²) >= 11 is 0. The summed E-state index contributed by atoms with van der Waals surface area (Å²) in [6.45, 7) is 0.355. The first kappa shape index (κ1) is 14.6. The van der Waals surface area contributed by atoms with E-state index >= 15 is 0 Å². The maximum absolute atomic E-state index is 12.6. The third-order valence-electron chi connectivity index (χ3n) is 4.10. The minimum Gasteiger partial charge on any atom is -0.463 e. The van der Waals surface area contributed by atoms with Gasteiger partial charge in [-0.25, -0.2) is 4.98 Å². The summed E-state index contributed by atoms with van der Waals surface area (Å²) in [5.41, 5.74) is -0.0658. The van der Waals surface area contributed by atoms with Gasteiger partial charge in [0.1, 0.15) is 12.0 Å². The van der Waals surface area contributed by atoms with Crippen LogP contribution in [0.15, 0.2) is 47.5 Å². The second kappa shape index (κ2) is 5.27. The molecule has 4 rings (SSSR count). The molecule has 0 atom stereocenters. The summed E-state index contributed by atoms with van der Waals surface area (Å²) in [4.78, 5) is 22.4. The van der Waals surface area contributed by atoms with Crippen molar-refractivity contribution in [2.45, 2.75) is 5.60 Å². The van der Waals surface area contributed by atoms with Crippen LogP contribution in [-0.4, -0.2) is 48.8 Å². The number of hydrogen-bond donors (Lipinski definition) is 1. The number of hydrogen-bond acceptors (Lipinski definition) is 6. The molecule has 122 valence electrons. The number of carbonyl (C=O) groups is 1. The predicted octanol–water partition coefficient (Wildman–Crippen LogP) is 0.814. The Kier molecular flexibility index (Phi) is 3.20. The molecule has 1 aliphatic heterocycles. The molecule has 0 aliphatic carbocycles. The highest BCUT2D eigenvalue weighted by molar-refractivity contribution is 5.95. The highest BCUT2D eigenvalue weighted by Gasteiger charge is 2.48. The number of amides is 1. The third-order valence-corrected chi connectivity index (χ3v) is 4.10.